The molecule has 0 nitrogen and oxygen atoms in total. The van der Waals surface area contributed by atoms with Crippen LogP contribution in [0.5, 0.6) is 0 Å². The molecule has 0 saturated carbocycles. The molecule has 3 aromatic rings. The largest absolute Gasteiger partial charge is 0.0984 e. The van der Waals surface area contributed by atoms with Gasteiger partial charge in [-0.05, 0) is 50.6 Å². The van der Waals surface area contributed by atoms with E-state index < -0.39 is 0 Å². The number of rotatable bonds is 6. The van der Waals surface area contributed by atoms with Crippen LogP contribution < -0.4 is 0 Å². The van der Waals surface area contributed by atoms with Crippen molar-refractivity contribution < 1.29 is 0 Å². The van der Waals surface area contributed by atoms with Gasteiger partial charge in [-0.25, -0.2) is 0 Å². The molecule has 0 aliphatic heterocycles. The van der Waals surface area contributed by atoms with Gasteiger partial charge in [0.25, 0.3) is 0 Å². The van der Waals surface area contributed by atoms with Gasteiger partial charge in [0.05, 0.1) is 0 Å². The second-order valence-corrected chi connectivity index (χ2v) is 6.01. The minimum Gasteiger partial charge on any atom is -0.0984 e. The Kier molecular flexibility index (Phi) is 5.15. The lowest BCUT2D eigenvalue weighted by atomic mass is 9.87. The van der Waals surface area contributed by atoms with Crippen molar-refractivity contribution in [3.8, 4) is 22.3 Å². The van der Waals surface area contributed by atoms with Gasteiger partial charge >= 0.3 is 0 Å². The monoisotopic (exact) mass is 334 g/mol. The van der Waals surface area contributed by atoms with Crippen molar-refractivity contribution in [2.75, 3.05) is 0 Å². The number of hydrogen-bond acceptors (Lipinski definition) is 0. The van der Waals surface area contributed by atoms with Crippen LogP contribution in [0.1, 0.15) is 22.3 Å². The highest BCUT2D eigenvalue weighted by Gasteiger charge is 2.13. The van der Waals surface area contributed by atoms with Crippen LogP contribution in [0.25, 0.3) is 46.6 Å². The molecule has 126 valence electrons. The molecule has 0 aromatic heterocycles. The molecule has 0 spiro atoms. The van der Waals surface area contributed by atoms with Gasteiger partial charge in [0.2, 0.25) is 0 Å². The van der Waals surface area contributed by atoms with Gasteiger partial charge in [0, 0.05) is 0 Å². The van der Waals surface area contributed by atoms with Crippen molar-refractivity contribution in [1.29, 1.82) is 0 Å². The first-order valence-corrected chi connectivity index (χ1v) is 8.60. The van der Waals surface area contributed by atoms with E-state index in [1.165, 1.54) is 11.1 Å². The molecule has 0 unspecified atom stereocenters. The van der Waals surface area contributed by atoms with Gasteiger partial charge in [-0.1, -0.05) is 105 Å². The van der Waals surface area contributed by atoms with E-state index in [2.05, 4.69) is 80.9 Å². The van der Waals surface area contributed by atoms with Crippen molar-refractivity contribution in [3.63, 3.8) is 0 Å². The van der Waals surface area contributed by atoms with Crippen molar-refractivity contribution >= 4 is 24.3 Å². The van der Waals surface area contributed by atoms with Crippen LogP contribution in [-0.4, -0.2) is 0 Å². The van der Waals surface area contributed by atoms with E-state index in [0.717, 1.165) is 33.4 Å². The van der Waals surface area contributed by atoms with E-state index in [4.69, 9.17) is 0 Å². The standard InChI is InChI=1S/C26H22/c1-5-19-18-26(25(8-4)24(7-3)23(19)6-2)22-16-14-21(15-17-22)20-12-10-9-11-13-20/h5-18H,1-4H2. The van der Waals surface area contributed by atoms with Gasteiger partial charge in [-0.15, -0.1) is 0 Å². The SMILES string of the molecule is C=Cc1cc(-c2ccc(-c3ccccc3)cc2)c(C=C)c(C=C)c1C=C. The number of benzene rings is 3. The summed E-state index contributed by atoms with van der Waals surface area (Å²) in [6.07, 6.45) is 7.46. The van der Waals surface area contributed by atoms with E-state index in [9.17, 15) is 0 Å². The summed E-state index contributed by atoms with van der Waals surface area (Å²) in [4.78, 5) is 0. The van der Waals surface area contributed by atoms with Crippen LogP contribution in [-0.2, 0) is 0 Å². The van der Waals surface area contributed by atoms with E-state index in [1.807, 2.05) is 30.4 Å². The Morgan fingerprint density at radius 2 is 1.04 bits per heavy atom. The van der Waals surface area contributed by atoms with Crippen molar-refractivity contribution in [2.45, 2.75) is 0 Å². The summed E-state index contributed by atoms with van der Waals surface area (Å²) < 4.78 is 0. The van der Waals surface area contributed by atoms with Crippen molar-refractivity contribution in [2.24, 2.45) is 0 Å². The predicted molar refractivity (Wildman–Crippen MR) is 118 cm³/mol. The maximum Gasteiger partial charge on any atom is -0.00992 e. The molecule has 0 atom stereocenters. The van der Waals surface area contributed by atoms with Gasteiger partial charge in [-0.3, -0.25) is 0 Å². The Bertz CT molecular complexity index is 971. The zero-order valence-corrected chi connectivity index (χ0v) is 14.9. The first-order chi connectivity index (χ1) is 12.7. The lowest BCUT2D eigenvalue weighted by molar-refractivity contribution is 1.52. The topological polar surface area (TPSA) is 0 Å². The molecule has 0 aliphatic carbocycles. The van der Waals surface area contributed by atoms with Crippen LogP contribution in [0.2, 0.25) is 0 Å². The van der Waals surface area contributed by atoms with E-state index in [0.29, 0.717) is 0 Å². The molecule has 0 heterocycles. The van der Waals surface area contributed by atoms with E-state index in [-0.39, 0.29) is 0 Å². The lowest BCUT2D eigenvalue weighted by Gasteiger charge is -2.16. The minimum atomic E-state index is 1.04. The van der Waals surface area contributed by atoms with Crippen molar-refractivity contribution in [3.05, 3.63) is 109 Å². The molecular weight excluding hydrogens is 312 g/mol. The van der Waals surface area contributed by atoms with Crippen LogP contribution in [0.4, 0.5) is 0 Å². The molecule has 0 bridgehead atoms. The fourth-order valence-electron chi connectivity index (χ4n) is 3.30. The average Bonchev–Trinajstić information content (AvgIpc) is 2.72. The van der Waals surface area contributed by atoms with Crippen LogP contribution in [0.3, 0.4) is 0 Å². The molecule has 3 rings (SSSR count). The third kappa shape index (κ3) is 3.10. The molecule has 0 aliphatic rings. The molecule has 0 fully saturated rings. The predicted octanol–water partition coefficient (Wildman–Crippen LogP) is 7.59. The first kappa shape index (κ1) is 17.4. The molecular formula is C26H22. The van der Waals surface area contributed by atoms with Gasteiger partial charge in [-0.2, -0.15) is 0 Å². The third-order valence-corrected chi connectivity index (χ3v) is 4.62. The van der Waals surface area contributed by atoms with E-state index in [1.54, 1.807) is 0 Å². The van der Waals surface area contributed by atoms with Gasteiger partial charge in [0.1, 0.15) is 0 Å². The summed E-state index contributed by atoms with van der Waals surface area (Å²) >= 11 is 0. The fourth-order valence-corrected chi connectivity index (χ4v) is 3.30. The molecule has 3 aromatic carbocycles. The second kappa shape index (κ2) is 7.67. The average molecular weight is 334 g/mol. The Morgan fingerprint density at radius 3 is 1.58 bits per heavy atom. The maximum atomic E-state index is 4.01. The quantitative estimate of drug-likeness (QED) is 0.435. The first-order valence-electron chi connectivity index (χ1n) is 8.60. The van der Waals surface area contributed by atoms with Crippen LogP contribution >= 0.6 is 0 Å². The van der Waals surface area contributed by atoms with Crippen LogP contribution in [0.15, 0.2) is 87.0 Å². The second-order valence-electron chi connectivity index (χ2n) is 6.01. The van der Waals surface area contributed by atoms with Crippen LogP contribution in [0, 0.1) is 0 Å². The summed E-state index contributed by atoms with van der Waals surface area (Å²) in [6.45, 7) is 15.9. The summed E-state index contributed by atoms with van der Waals surface area (Å²) in [5.74, 6) is 0. The zero-order valence-electron chi connectivity index (χ0n) is 14.9. The maximum absolute atomic E-state index is 4.01. The van der Waals surface area contributed by atoms with Gasteiger partial charge in [0.15, 0.2) is 0 Å². The highest BCUT2D eigenvalue weighted by Crippen LogP contribution is 2.35. The van der Waals surface area contributed by atoms with Gasteiger partial charge < -0.3 is 0 Å². The summed E-state index contributed by atoms with van der Waals surface area (Å²) in [5.41, 5.74) is 8.85. The molecule has 0 radical (unpaired) electrons. The Hall–Kier alpha value is -3.38. The Labute approximate surface area is 156 Å². The minimum absolute atomic E-state index is 1.04. The zero-order chi connectivity index (χ0) is 18.5. The van der Waals surface area contributed by atoms with E-state index >= 15 is 0 Å². The fraction of sp³-hybridized carbons (Fsp3) is 0. The molecule has 0 amide bonds. The summed E-state index contributed by atoms with van der Waals surface area (Å²) in [5, 5.41) is 0. The smallest absolute Gasteiger partial charge is 0.00992 e. The molecule has 0 N–H and O–H groups in total. The lowest BCUT2D eigenvalue weighted by Crippen LogP contribution is -1.95. The third-order valence-electron chi connectivity index (χ3n) is 4.62. The normalized spacial score (nSPS) is 10.2. The Balaban J connectivity index is 2.17. The Morgan fingerprint density at radius 1 is 0.500 bits per heavy atom. The highest BCUT2D eigenvalue weighted by atomic mass is 14.2. The molecule has 26 heavy (non-hydrogen) atoms. The number of hydrogen-bond donors (Lipinski definition) is 0. The molecule has 0 saturated heterocycles. The van der Waals surface area contributed by atoms with Crippen molar-refractivity contribution in [1.82, 2.24) is 0 Å². The summed E-state index contributed by atoms with van der Waals surface area (Å²) in [7, 11) is 0. The summed E-state index contributed by atoms with van der Waals surface area (Å²) in [6, 6.07) is 21.1. The highest BCUT2D eigenvalue weighted by molar-refractivity contribution is 5.88. The molecule has 0 heteroatoms.